The van der Waals surface area contributed by atoms with Crippen molar-refractivity contribution in [3.05, 3.63) is 0 Å². The summed E-state index contributed by atoms with van der Waals surface area (Å²) in [5.41, 5.74) is 0. The Morgan fingerprint density at radius 1 is 1.46 bits per heavy atom. The van der Waals surface area contributed by atoms with E-state index >= 15 is 0 Å². The molecule has 0 amide bonds. The number of thiocarbonyl (C=S) groups is 1. The minimum absolute atomic E-state index is 0.104. The van der Waals surface area contributed by atoms with E-state index in [2.05, 4.69) is 17.0 Å². The lowest BCUT2D eigenvalue weighted by Crippen LogP contribution is -2.30. The summed E-state index contributed by atoms with van der Waals surface area (Å²) in [6, 6.07) is 0. The molecule has 1 unspecified atom stereocenters. The van der Waals surface area contributed by atoms with Crippen LogP contribution >= 0.6 is 12.2 Å². The van der Waals surface area contributed by atoms with E-state index in [1.54, 1.807) is 6.92 Å². The molecule has 0 aromatic heterocycles. The van der Waals surface area contributed by atoms with Gasteiger partial charge in [-0.05, 0) is 19.2 Å². The number of ether oxygens (including phenoxy) is 1. The fourth-order valence-electron chi connectivity index (χ4n) is 0.671. The minimum atomic E-state index is -1.14. The molecule has 0 aromatic carbocycles. The second kappa shape index (κ2) is 5.53. The van der Waals surface area contributed by atoms with Crippen molar-refractivity contribution in [2.45, 2.75) is 13.8 Å². The Morgan fingerprint density at radius 3 is 2.31 bits per heavy atom. The van der Waals surface area contributed by atoms with Crippen molar-refractivity contribution < 1.29 is 19.1 Å². The highest BCUT2D eigenvalue weighted by atomic mass is 32.1. The molecule has 0 aliphatic heterocycles. The van der Waals surface area contributed by atoms with Gasteiger partial charge in [-0.15, -0.1) is 0 Å². The Kier molecular flexibility index (Phi) is 5.06. The topological polar surface area (TPSA) is 60.4 Å². The van der Waals surface area contributed by atoms with Crippen LogP contribution in [0.4, 0.5) is 0 Å². The number of rotatable bonds is 5. The van der Waals surface area contributed by atoms with Crippen molar-refractivity contribution in [2.75, 3.05) is 6.61 Å². The molecule has 13 heavy (non-hydrogen) atoms. The maximum atomic E-state index is 11.1. The van der Waals surface area contributed by atoms with Crippen molar-refractivity contribution in [2.24, 2.45) is 5.92 Å². The van der Waals surface area contributed by atoms with Gasteiger partial charge in [0.2, 0.25) is 0 Å². The Morgan fingerprint density at radius 2 is 2.00 bits per heavy atom. The first-order valence-corrected chi connectivity index (χ1v) is 4.18. The highest BCUT2D eigenvalue weighted by molar-refractivity contribution is 7.79. The molecule has 0 aliphatic rings. The normalized spacial score (nSPS) is 11.5. The first-order valence-electron chi connectivity index (χ1n) is 3.71. The van der Waals surface area contributed by atoms with Gasteiger partial charge < -0.3 is 4.74 Å². The molecule has 4 nitrogen and oxygen atoms in total. The molecule has 0 N–H and O–H groups in total. The molecule has 0 rings (SSSR count). The van der Waals surface area contributed by atoms with Crippen LogP contribution in [0.5, 0.6) is 0 Å². The lowest BCUT2D eigenvalue weighted by Gasteiger charge is -2.04. The molecule has 72 valence electrons. The summed E-state index contributed by atoms with van der Waals surface area (Å²) < 4.78 is 4.43. The molecule has 0 aromatic rings. The quantitative estimate of drug-likeness (QED) is 0.278. The predicted octanol–water partition coefficient (Wildman–Crippen LogP) is 0.323. The summed E-state index contributed by atoms with van der Waals surface area (Å²) in [7, 11) is 0. The molecule has 0 bridgehead atoms. The van der Waals surface area contributed by atoms with Crippen molar-refractivity contribution in [1.82, 2.24) is 0 Å². The van der Waals surface area contributed by atoms with E-state index in [0.29, 0.717) is 0 Å². The Labute approximate surface area is 81.3 Å². The number of carbonyl (C=O) groups excluding carboxylic acids is 3. The number of Topliss-reactive ketones (excluding diaryl/α,β-unsaturated/α-hetero) is 2. The molecule has 0 saturated heterocycles. The standard InChI is InChI=1S/C8H10O4S/c1-3-12-8(11)7(10)6(4-13)5(2)9/h4,6H,3H2,1-2H3. The summed E-state index contributed by atoms with van der Waals surface area (Å²) in [4.78, 5) is 32.8. The van der Waals surface area contributed by atoms with Gasteiger partial charge >= 0.3 is 5.97 Å². The SMILES string of the molecule is CCOC(=O)C(=O)C(C=S)C(C)=O. The molecule has 1 atom stereocenters. The van der Waals surface area contributed by atoms with E-state index in [1.807, 2.05) is 0 Å². The fourth-order valence-corrected chi connectivity index (χ4v) is 0.987. The Balaban J connectivity index is 4.46. The molecule has 0 saturated carbocycles. The molecule has 0 aliphatic carbocycles. The average Bonchev–Trinajstić information content (AvgIpc) is 2.05. The summed E-state index contributed by atoms with van der Waals surface area (Å²) in [5, 5.41) is 0.974. The van der Waals surface area contributed by atoms with Crippen LogP contribution in [0, 0.1) is 5.92 Å². The van der Waals surface area contributed by atoms with Crippen LogP contribution in [-0.2, 0) is 19.1 Å². The largest absolute Gasteiger partial charge is 0.460 e. The van der Waals surface area contributed by atoms with Gasteiger partial charge in [0.1, 0.15) is 11.7 Å². The van der Waals surface area contributed by atoms with Crippen LogP contribution in [0.15, 0.2) is 0 Å². The Bertz CT molecular complexity index is 247. The number of hydrogen-bond acceptors (Lipinski definition) is 5. The molecule has 0 radical (unpaired) electrons. The molecular formula is C8H10O4S. The minimum Gasteiger partial charge on any atom is -0.460 e. The van der Waals surface area contributed by atoms with Gasteiger partial charge in [0.25, 0.3) is 5.78 Å². The summed E-state index contributed by atoms with van der Waals surface area (Å²) in [6.07, 6.45) is 0. The summed E-state index contributed by atoms with van der Waals surface area (Å²) in [5.74, 6) is -3.50. The van der Waals surface area contributed by atoms with E-state index in [1.165, 1.54) is 6.92 Å². The van der Waals surface area contributed by atoms with Crippen molar-refractivity contribution >= 4 is 35.1 Å². The third-order valence-corrected chi connectivity index (χ3v) is 1.61. The van der Waals surface area contributed by atoms with Gasteiger partial charge in [0.05, 0.1) is 6.61 Å². The van der Waals surface area contributed by atoms with Crippen LogP contribution in [0.1, 0.15) is 13.8 Å². The van der Waals surface area contributed by atoms with Crippen LogP contribution < -0.4 is 0 Å². The van der Waals surface area contributed by atoms with E-state index in [0.717, 1.165) is 5.37 Å². The molecule has 0 fully saturated rings. The molecule has 0 spiro atoms. The van der Waals surface area contributed by atoms with Gasteiger partial charge in [0, 0.05) is 0 Å². The maximum absolute atomic E-state index is 11.1. The lowest BCUT2D eigenvalue weighted by atomic mass is 10.0. The summed E-state index contributed by atoms with van der Waals surface area (Å²) >= 11 is 4.45. The zero-order valence-electron chi connectivity index (χ0n) is 7.40. The predicted molar refractivity (Wildman–Crippen MR) is 49.5 cm³/mol. The smallest absolute Gasteiger partial charge is 0.375 e. The fraction of sp³-hybridized carbons (Fsp3) is 0.500. The van der Waals surface area contributed by atoms with Gasteiger partial charge in [0.15, 0.2) is 0 Å². The van der Waals surface area contributed by atoms with Crippen molar-refractivity contribution in [3.8, 4) is 0 Å². The Hall–Kier alpha value is -1.10. The second-order valence-corrected chi connectivity index (χ2v) is 2.58. The van der Waals surface area contributed by atoms with Gasteiger partial charge in [-0.2, -0.15) is 0 Å². The van der Waals surface area contributed by atoms with Crippen LogP contribution in [0.25, 0.3) is 0 Å². The maximum Gasteiger partial charge on any atom is 0.375 e. The number of esters is 1. The van der Waals surface area contributed by atoms with E-state index in [9.17, 15) is 14.4 Å². The van der Waals surface area contributed by atoms with E-state index < -0.39 is 23.5 Å². The molecule has 5 heteroatoms. The monoisotopic (exact) mass is 202 g/mol. The second-order valence-electron chi connectivity index (χ2n) is 2.31. The zero-order valence-corrected chi connectivity index (χ0v) is 8.22. The van der Waals surface area contributed by atoms with Crippen LogP contribution in [0.3, 0.4) is 0 Å². The average molecular weight is 202 g/mol. The lowest BCUT2D eigenvalue weighted by molar-refractivity contribution is -0.155. The van der Waals surface area contributed by atoms with Crippen LogP contribution in [0.2, 0.25) is 0 Å². The molecular weight excluding hydrogens is 192 g/mol. The highest BCUT2D eigenvalue weighted by Crippen LogP contribution is 1.99. The summed E-state index contributed by atoms with van der Waals surface area (Å²) in [6.45, 7) is 2.88. The third kappa shape index (κ3) is 3.42. The first kappa shape index (κ1) is 11.9. The van der Waals surface area contributed by atoms with E-state index in [-0.39, 0.29) is 6.61 Å². The van der Waals surface area contributed by atoms with Gasteiger partial charge in [-0.3, -0.25) is 9.59 Å². The van der Waals surface area contributed by atoms with Gasteiger partial charge in [-0.25, -0.2) is 4.79 Å². The van der Waals surface area contributed by atoms with Crippen molar-refractivity contribution in [3.63, 3.8) is 0 Å². The molecule has 0 heterocycles. The number of carbonyl (C=O) groups is 3. The van der Waals surface area contributed by atoms with E-state index in [4.69, 9.17) is 0 Å². The highest BCUT2D eigenvalue weighted by Gasteiger charge is 2.27. The first-order chi connectivity index (χ1) is 6.04. The zero-order chi connectivity index (χ0) is 10.4. The number of hydrogen-bond donors (Lipinski definition) is 0. The number of ketones is 2. The van der Waals surface area contributed by atoms with Crippen molar-refractivity contribution in [1.29, 1.82) is 0 Å². The van der Waals surface area contributed by atoms with Crippen LogP contribution in [-0.4, -0.2) is 29.5 Å². The third-order valence-electron chi connectivity index (χ3n) is 1.33. The van der Waals surface area contributed by atoms with Gasteiger partial charge in [-0.1, -0.05) is 12.2 Å².